The first-order chi connectivity index (χ1) is 11.0. The van der Waals surface area contributed by atoms with Crippen molar-refractivity contribution in [3.63, 3.8) is 0 Å². The first-order valence-electron chi connectivity index (χ1n) is 6.86. The van der Waals surface area contributed by atoms with Crippen molar-refractivity contribution < 1.29 is 54.2 Å². The molecule has 1 aliphatic rings. The van der Waals surface area contributed by atoms with Crippen LogP contribution in [0.15, 0.2) is 12.2 Å². The van der Waals surface area contributed by atoms with E-state index in [4.69, 9.17) is 0 Å². The van der Waals surface area contributed by atoms with Crippen LogP contribution in [0.25, 0.3) is 0 Å². The Morgan fingerprint density at radius 2 is 1.36 bits per heavy atom. The van der Waals surface area contributed by atoms with E-state index in [1.807, 2.05) is 0 Å². The maximum atomic E-state index is 12.9. The summed E-state index contributed by atoms with van der Waals surface area (Å²) in [4.78, 5) is 11.3. The first kappa shape index (κ1) is 21.6. The highest BCUT2D eigenvalue weighted by atomic mass is 19.4. The highest BCUT2D eigenvalue weighted by Crippen LogP contribution is 2.52. The number of carbonyl (C=O) groups is 1. The van der Waals surface area contributed by atoms with Crippen molar-refractivity contribution in [2.24, 2.45) is 5.92 Å². The molecule has 1 aliphatic carbocycles. The van der Waals surface area contributed by atoms with Crippen LogP contribution in [0.2, 0.25) is 0 Å². The molecule has 0 saturated heterocycles. The van der Waals surface area contributed by atoms with Crippen LogP contribution in [0.4, 0.5) is 39.5 Å². The summed E-state index contributed by atoms with van der Waals surface area (Å²) < 4.78 is 119. The molecule has 2 unspecified atom stereocenters. The SMILES string of the molecule is C=C(C(=O)OC1CCCCC1C(O)(C(F)(F)F)C(F)(F)F)C(F)(F)F. The molecule has 1 saturated carbocycles. The molecule has 0 heterocycles. The summed E-state index contributed by atoms with van der Waals surface area (Å²) in [5.74, 6) is -4.87. The Balaban J connectivity index is 3.19. The average Bonchev–Trinajstić information content (AvgIpc) is 2.42. The summed E-state index contributed by atoms with van der Waals surface area (Å²) in [6.45, 7) is 2.37. The summed E-state index contributed by atoms with van der Waals surface area (Å²) >= 11 is 0. The van der Waals surface area contributed by atoms with E-state index in [9.17, 15) is 49.4 Å². The molecule has 0 spiro atoms. The van der Waals surface area contributed by atoms with Crippen molar-refractivity contribution in [3.05, 3.63) is 12.2 Å². The fourth-order valence-electron chi connectivity index (χ4n) is 2.62. The van der Waals surface area contributed by atoms with E-state index in [-0.39, 0.29) is 12.8 Å². The van der Waals surface area contributed by atoms with Gasteiger partial charge in [-0.3, -0.25) is 0 Å². The zero-order chi connectivity index (χ0) is 19.8. The second kappa shape index (κ2) is 6.69. The molecule has 2 atom stereocenters. The third-order valence-corrected chi connectivity index (χ3v) is 3.95. The molecule has 0 aromatic rings. The van der Waals surface area contributed by atoms with Crippen LogP contribution in [0, 0.1) is 5.92 Å². The minimum Gasteiger partial charge on any atom is -0.458 e. The molecule has 1 rings (SSSR count). The number of halogens is 9. The van der Waals surface area contributed by atoms with Gasteiger partial charge in [0.2, 0.25) is 0 Å². The van der Waals surface area contributed by atoms with Gasteiger partial charge in [0.15, 0.2) is 0 Å². The maximum absolute atomic E-state index is 12.9. The normalized spacial score (nSPS) is 23.3. The number of rotatable bonds is 3. The molecule has 0 aromatic heterocycles. The molecule has 0 amide bonds. The number of alkyl halides is 9. The monoisotopic (exact) mass is 388 g/mol. The van der Waals surface area contributed by atoms with Crippen LogP contribution in [0.3, 0.4) is 0 Å². The smallest absolute Gasteiger partial charge is 0.426 e. The van der Waals surface area contributed by atoms with Gasteiger partial charge in [0.05, 0.1) is 0 Å². The molecule has 0 radical (unpaired) electrons. The minimum atomic E-state index is -6.17. The van der Waals surface area contributed by atoms with Gasteiger partial charge in [-0.15, -0.1) is 0 Å². The van der Waals surface area contributed by atoms with Gasteiger partial charge in [-0.1, -0.05) is 13.0 Å². The molecule has 12 heteroatoms. The highest BCUT2D eigenvalue weighted by molar-refractivity contribution is 5.89. The fraction of sp³-hybridized carbons (Fsp3) is 0.769. The molecular weight excluding hydrogens is 375 g/mol. The van der Waals surface area contributed by atoms with Crippen LogP contribution in [-0.4, -0.2) is 41.3 Å². The summed E-state index contributed by atoms with van der Waals surface area (Å²) in [6, 6.07) is 0. The Morgan fingerprint density at radius 1 is 0.920 bits per heavy atom. The highest BCUT2D eigenvalue weighted by Gasteiger charge is 2.75. The summed E-state index contributed by atoms with van der Waals surface area (Å²) in [5, 5.41) is 9.40. The number of aliphatic hydroxyl groups is 1. The molecule has 0 aliphatic heterocycles. The number of hydrogen-bond acceptors (Lipinski definition) is 3. The zero-order valence-electron chi connectivity index (χ0n) is 12.4. The van der Waals surface area contributed by atoms with Gasteiger partial charge in [-0.05, 0) is 19.3 Å². The van der Waals surface area contributed by atoms with Gasteiger partial charge in [0.25, 0.3) is 5.60 Å². The lowest BCUT2D eigenvalue weighted by atomic mass is 9.74. The van der Waals surface area contributed by atoms with Crippen molar-refractivity contribution in [3.8, 4) is 0 Å². The third-order valence-electron chi connectivity index (χ3n) is 3.95. The van der Waals surface area contributed by atoms with Gasteiger partial charge in [0.1, 0.15) is 11.7 Å². The molecule has 25 heavy (non-hydrogen) atoms. The van der Waals surface area contributed by atoms with E-state index in [0.29, 0.717) is 0 Å². The van der Waals surface area contributed by atoms with Crippen LogP contribution in [0.1, 0.15) is 25.7 Å². The molecular formula is C13H13F9O3. The lowest BCUT2D eigenvalue weighted by molar-refractivity contribution is -0.393. The quantitative estimate of drug-likeness (QED) is 0.451. The lowest BCUT2D eigenvalue weighted by Gasteiger charge is -2.43. The van der Waals surface area contributed by atoms with E-state index in [1.165, 1.54) is 0 Å². The van der Waals surface area contributed by atoms with Crippen molar-refractivity contribution in [1.29, 1.82) is 0 Å². The lowest BCUT2D eigenvalue weighted by Crippen LogP contribution is -2.65. The third kappa shape index (κ3) is 4.21. The van der Waals surface area contributed by atoms with Crippen molar-refractivity contribution in [1.82, 2.24) is 0 Å². The fourth-order valence-corrected chi connectivity index (χ4v) is 2.62. The minimum absolute atomic E-state index is 0.0126. The number of carbonyl (C=O) groups excluding carboxylic acids is 1. The molecule has 0 bridgehead atoms. The van der Waals surface area contributed by atoms with Gasteiger partial charge >= 0.3 is 24.5 Å². The maximum Gasteiger partial charge on any atom is 0.426 e. The molecule has 1 fully saturated rings. The van der Waals surface area contributed by atoms with Crippen molar-refractivity contribution >= 4 is 5.97 Å². The predicted molar refractivity (Wildman–Crippen MR) is 64.1 cm³/mol. The first-order valence-corrected chi connectivity index (χ1v) is 6.86. The van der Waals surface area contributed by atoms with Crippen LogP contribution in [0.5, 0.6) is 0 Å². The van der Waals surface area contributed by atoms with Crippen LogP contribution < -0.4 is 0 Å². The van der Waals surface area contributed by atoms with Crippen molar-refractivity contribution in [2.75, 3.05) is 0 Å². The Bertz CT molecular complexity index is 504. The second-order valence-electron chi connectivity index (χ2n) is 5.57. The molecule has 1 N–H and O–H groups in total. The van der Waals surface area contributed by atoms with Gasteiger partial charge < -0.3 is 9.84 Å². The summed E-state index contributed by atoms with van der Waals surface area (Å²) in [6.07, 6.45) is -21.3. The number of ether oxygens (including phenoxy) is 1. The van der Waals surface area contributed by atoms with Gasteiger partial charge in [-0.2, -0.15) is 39.5 Å². The van der Waals surface area contributed by atoms with Crippen LogP contribution in [-0.2, 0) is 9.53 Å². The Morgan fingerprint density at radius 3 is 1.76 bits per heavy atom. The summed E-state index contributed by atoms with van der Waals surface area (Å²) in [5.41, 5.74) is -7.29. The van der Waals surface area contributed by atoms with E-state index >= 15 is 0 Å². The van der Waals surface area contributed by atoms with Crippen molar-refractivity contribution in [2.45, 2.75) is 55.9 Å². The average molecular weight is 388 g/mol. The zero-order valence-corrected chi connectivity index (χ0v) is 12.4. The Kier molecular flexibility index (Phi) is 5.77. The van der Waals surface area contributed by atoms with Gasteiger partial charge in [-0.25, -0.2) is 4.79 Å². The predicted octanol–water partition coefficient (Wildman–Crippen LogP) is 4.06. The van der Waals surface area contributed by atoms with Gasteiger partial charge in [0, 0.05) is 5.92 Å². The largest absolute Gasteiger partial charge is 0.458 e. The second-order valence-corrected chi connectivity index (χ2v) is 5.57. The molecule has 0 aromatic carbocycles. The van der Waals surface area contributed by atoms with Crippen LogP contribution >= 0.6 is 0 Å². The number of hydrogen-bond donors (Lipinski definition) is 1. The van der Waals surface area contributed by atoms with E-state index < -0.39 is 60.5 Å². The molecule has 146 valence electrons. The topological polar surface area (TPSA) is 46.5 Å². The number of esters is 1. The van der Waals surface area contributed by atoms with E-state index in [2.05, 4.69) is 11.3 Å². The Labute approximate surface area is 135 Å². The standard InChI is InChI=1S/C13H13F9O3/c1-6(11(14,15)16)9(23)25-8-5-3-2-4-7(8)10(24,12(17,18)19)13(20,21)22/h7-8,24H,1-5H2. The molecule has 3 nitrogen and oxygen atoms in total. The summed E-state index contributed by atoms with van der Waals surface area (Å²) in [7, 11) is 0. The Hall–Kier alpha value is -1.46. The van der Waals surface area contributed by atoms with E-state index in [1.54, 1.807) is 0 Å². The van der Waals surface area contributed by atoms with E-state index in [0.717, 1.165) is 0 Å².